The summed E-state index contributed by atoms with van der Waals surface area (Å²) in [6.07, 6.45) is 6.68. The molecule has 0 amide bonds. The van der Waals surface area contributed by atoms with E-state index in [0.29, 0.717) is 6.10 Å². The van der Waals surface area contributed by atoms with Gasteiger partial charge in [-0.05, 0) is 26.3 Å². The number of nitrogens with zero attached hydrogens (tertiary/aromatic N) is 1. The van der Waals surface area contributed by atoms with E-state index >= 15 is 0 Å². The lowest BCUT2D eigenvalue weighted by Crippen LogP contribution is -2.47. The summed E-state index contributed by atoms with van der Waals surface area (Å²) in [7, 11) is 2.04. The first-order valence-electron chi connectivity index (χ1n) is 6.01. The Bertz CT molecular complexity index is 313. The molecule has 0 bridgehead atoms. The van der Waals surface area contributed by atoms with E-state index in [0.717, 1.165) is 25.9 Å². The van der Waals surface area contributed by atoms with E-state index in [1.165, 1.54) is 11.4 Å². The third kappa shape index (κ3) is 2.29. The summed E-state index contributed by atoms with van der Waals surface area (Å²) in [5.41, 5.74) is 0.0479. The molecule has 2 rings (SSSR count). The van der Waals surface area contributed by atoms with Crippen molar-refractivity contribution in [3.05, 3.63) is 16.6 Å². The van der Waals surface area contributed by atoms with E-state index in [4.69, 9.17) is 4.74 Å². The van der Waals surface area contributed by atoms with Gasteiger partial charge in [-0.25, -0.2) is 4.98 Å². The molecule has 2 unspecified atom stereocenters. The van der Waals surface area contributed by atoms with Crippen molar-refractivity contribution in [2.24, 2.45) is 0 Å². The molecule has 0 spiro atoms. The van der Waals surface area contributed by atoms with Crippen LogP contribution in [0, 0.1) is 0 Å². The van der Waals surface area contributed by atoms with Crippen LogP contribution in [-0.4, -0.2) is 24.7 Å². The molecule has 3 nitrogen and oxygen atoms in total. The van der Waals surface area contributed by atoms with Gasteiger partial charge in [0.05, 0.1) is 11.6 Å². The standard InChI is InChI=1S/C12H20N2OS/c1-3-4-10-9-12(13-2,5-7-15-10)11-14-6-8-16-11/h6,8,10,13H,3-5,7,9H2,1-2H3. The van der Waals surface area contributed by atoms with Crippen LogP contribution in [0.5, 0.6) is 0 Å². The van der Waals surface area contributed by atoms with Crippen LogP contribution in [0.2, 0.25) is 0 Å². The van der Waals surface area contributed by atoms with Crippen LogP contribution in [0.15, 0.2) is 11.6 Å². The van der Waals surface area contributed by atoms with Crippen molar-refractivity contribution in [3.63, 3.8) is 0 Å². The Morgan fingerprint density at radius 2 is 2.56 bits per heavy atom. The van der Waals surface area contributed by atoms with Crippen LogP contribution in [0.25, 0.3) is 0 Å². The van der Waals surface area contributed by atoms with Gasteiger partial charge in [-0.2, -0.15) is 0 Å². The molecule has 90 valence electrons. The molecule has 1 aromatic rings. The molecule has 4 heteroatoms. The highest BCUT2D eigenvalue weighted by molar-refractivity contribution is 7.09. The fraction of sp³-hybridized carbons (Fsp3) is 0.750. The van der Waals surface area contributed by atoms with Gasteiger partial charge in [0.1, 0.15) is 5.01 Å². The monoisotopic (exact) mass is 240 g/mol. The number of nitrogens with one attached hydrogen (secondary N) is 1. The van der Waals surface area contributed by atoms with Crippen molar-refractivity contribution in [2.45, 2.75) is 44.2 Å². The summed E-state index contributed by atoms with van der Waals surface area (Å²) in [5, 5.41) is 6.74. The summed E-state index contributed by atoms with van der Waals surface area (Å²) in [5.74, 6) is 0. The average Bonchev–Trinajstić information content (AvgIpc) is 2.84. The zero-order chi connectivity index (χ0) is 11.4. The fourth-order valence-electron chi connectivity index (χ4n) is 2.44. The maximum atomic E-state index is 5.81. The zero-order valence-electron chi connectivity index (χ0n) is 10.0. The molecule has 1 aliphatic heterocycles. The highest BCUT2D eigenvalue weighted by atomic mass is 32.1. The number of hydrogen-bond donors (Lipinski definition) is 1. The van der Waals surface area contributed by atoms with Crippen LogP contribution >= 0.6 is 11.3 Å². The normalized spacial score (nSPS) is 30.5. The predicted octanol–water partition coefficient (Wildman–Crippen LogP) is 2.54. The molecular formula is C12H20N2OS. The number of rotatable bonds is 4. The van der Waals surface area contributed by atoms with Crippen LogP contribution < -0.4 is 5.32 Å². The lowest BCUT2D eigenvalue weighted by atomic mass is 9.86. The zero-order valence-corrected chi connectivity index (χ0v) is 10.8. The highest BCUT2D eigenvalue weighted by Crippen LogP contribution is 2.36. The maximum absolute atomic E-state index is 5.81. The predicted molar refractivity (Wildman–Crippen MR) is 66.7 cm³/mol. The van der Waals surface area contributed by atoms with Crippen molar-refractivity contribution < 1.29 is 4.74 Å². The summed E-state index contributed by atoms with van der Waals surface area (Å²) < 4.78 is 5.81. The minimum absolute atomic E-state index is 0.0479. The van der Waals surface area contributed by atoms with E-state index in [2.05, 4.69) is 22.6 Å². The van der Waals surface area contributed by atoms with Gasteiger partial charge in [-0.1, -0.05) is 13.3 Å². The molecule has 2 atom stereocenters. The quantitative estimate of drug-likeness (QED) is 0.878. The number of hydrogen-bond acceptors (Lipinski definition) is 4. The van der Waals surface area contributed by atoms with Gasteiger partial charge in [-0.3, -0.25) is 0 Å². The van der Waals surface area contributed by atoms with Crippen molar-refractivity contribution >= 4 is 11.3 Å². The van der Waals surface area contributed by atoms with Crippen LogP contribution in [0.4, 0.5) is 0 Å². The molecule has 1 aromatic heterocycles. The Morgan fingerprint density at radius 1 is 1.69 bits per heavy atom. The van der Waals surface area contributed by atoms with Crippen LogP contribution in [0.3, 0.4) is 0 Å². The lowest BCUT2D eigenvalue weighted by molar-refractivity contribution is -0.0329. The molecular weight excluding hydrogens is 220 g/mol. The lowest BCUT2D eigenvalue weighted by Gasteiger charge is -2.39. The second kappa shape index (κ2) is 5.25. The number of thiazole rings is 1. The number of ether oxygens (including phenoxy) is 1. The Kier molecular flexibility index (Phi) is 3.95. The van der Waals surface area contributed by atoms with Gasteiger partial charge < -0.3 is 10.1 Å². The fourth-order valence-corrected chi connectivity index (χ4v) is 3.33. The number of aromatic nitrogens is 1. The minimum atomic E-state index is 0.0479. The van der Waals surface area contributed by atoms with Crippen molar-refractivity contribution in [1.29, 1.82) is 0 Å². The van der Waals surface area contributed by atoms with Crippen molar-refractivity contribution in [2.75, 3.05) is 13.7 Å². The molecule has 16 heavy (non-hydrogen) atoms. The van der Waals surface area contributed by atoms with E-state index in [9.17, 15) is 0 Å². The molecule has 0 aromatic carbocycles. The second-order valence-electron chi connectivity index (χ2n) is 4.40. The summed E-state index contributed by atoms with van der Waals surface area (Å²) in [4.78, 5) is 4.48. The van der Waals surface area contributed by atoms with E-state index < -0.39 is 0 Å². The Morgan fingerprint density at radius 3 is 3.19 bits per heavy atom. The van der Waals surface area contributed by atoms with Gasteiger partial charge in [0.25, 0.3) is 0 Å². The third-order valence-corrected chi connectivity index (χ3v) is 4.37. The Hall–Kier alpha value is -0.450. The minimum Gasteiger partial charge on any atom is -0.378 e. The molecule has 0 aliphatic carbocycles. The maximum Gasteiger partial charge on any atom is 0.113 e. The van der Waals surface area contributed by atoms with Crippen molar-refractivity contribution in [3.8, 4) is 0 Å². The SMILES string of the molecule is CCCC1CC(NC)(c2nccs2)CCO1. The Labute approximate surface area is 101 Å². The highest BCUT2D eigenvalue weighted by Gasteiger charge is 2.38. The van der Waals surface area contributed by atoms with E-state index in [-0.39, 0.29) is 5.54 Å². The van der Waals surface area contributed by atoms with E-state index in [1.807, 2.05) is 13.2 Å². The molecule has 1 saturated heterocycles. The topological polar surface area (TPSA) is 34.2 Å². The first kappa shape index (κ1) is 12.0. The summed E-state index contributed by atoms with van der Waals surface area (Å²) in [6, 6.07) is 0. The molecule has 1 N–H and O–H groups in total. The first-order chi connectivity index (χ1) is 7.80. The van der Waals surface area contributed by atoms with Gasteiger partial charge >= 0.3 is 0 Å². The smallest absolute Gasteiger partial charge is 0.113 e. The third-order valence-electron chi connectivity index (χ3n) is 3.39. The Balaban J connectivity index is 2.14. The molecule has 0 radical (unpaired) electrons. The second-order valence-corrected chi connectivity index (χ2v) is 5.30. The molecule has 0 saturated carbocycles. The first-order valence-corrected chi connectivity index (χ1v) is 6.89. The largest absolute Gasteiger partial charge is 0.378 e. The summed E-state index contributed by atoms with van der Waals surface area (Å²) >= 11 is 1.74. The van der Waals surface area contributed by atoms with Gasteiger partial charge in [0, 0.05) is 18.2 Å². The summed E-state index contributed by atoms with van der Waals surface area (Å²) in [6.45, 7) is 3.05. The molecule has 1 aliphatic rings. The average molecular weight is 240 g/mol. The van der Waals surface area contributed by atoms with Crippen LogP contribution in [-0.2, 0) is 10.3 Å². The molecule has 2 heterocycles. The van der Waals surface area contributed by atoms with Gasteiger partial charge in [0.15, 0.2) is 0 Å². The molecule has 1 fully saturated rings. The van der Waals surface area contributed by atoms with Gasteiger partial charge in [-0.15, -0.1) is 11.3 Å². The van der Waals surface area contributed by atoms with E-state index in [1.54, 1.807) is 11.3 Å². The van der Waals surface area contributed by atoms with Crippen LogP contribution in [0.1, 0.15) is 37.6 Å². The van der Waals surface area contributed by atoms with Gasteiger partial charge in [0.2, 0.25) is 0 Å². The van der Waals surface area contributed by atoms with Crippen molar-refractivity contribution in [1.82, 2.24) is 10.3 Å².